The number of Topliss-reactive ketones (excluding diaryl/α,β-unsaturated/α-hetero) is 2. The van der Waals surface area contributed by atoms with Gasteiger partial charge in [-0.3, -0.25) is 9.59 Å². The summed E-state index contributed by atoms with van der Waals surface area (Å²) in [5.41, 5.74) is -4.16. The van der Waals surface area contributed by atoms with Crippen LogP contribution < -0.4 is 9.47 Å². The standard InChI is InChI=1S/C38H44O10/c1-18(2)10-9-13-36(8)14-12-21-26(39)24-27(40)22-16-20-17-23-34(4,5)48-37(31(20)42,15-11-19(3)33(43)44)38(22,23)46-30(24)25(29(21)45-36)28(41)32-35(6,7)47-32/h10-12,14,16,20,23,28,32,39,41H,9,13,15,17H2,1-8H3,(H,43,44)/b19-11+/t20-,23?,28?,32?,36-,37?,38?/m1/s1. The van der Waals surface area contributed by atoms with Gasteiger partial charge in [0.1, 0.15) is 40.6 Å². The molecule has 3 aliphatic carbocycles. The van der Waals surface area contributed by atoms with E-state index in [2.05, 4.69) is 6.08 Å². The molecule has 0 amide bonds. The molecule has 4 heterocycles. The highest BCUT2D eigenvalue weighted by Crippen LogP contribution is 2.69. The fraction of sp³-hybridized carbons (Fsp3) is 0.553. The number of aliphatic hydroxyl groups excluding tert-OH is 1. The Kier molecular flexibility index (Phi) is 6.94. The van der Waals surface area contributed by atoms with Gasteiger partial charge in [-0.1, -0.05) is 23.8 Å². The van der Waals surface area contributed by atoms with E-state index in [1.54, 1.807) is 12.2 Å². The van der Waals surface area contributed by atoms with Gasteiger partial charge in [0, 0.05) is 29.4 Å². The lowest BCUT2D eigenvalue weighted by atomic mass is 9.51. The van der Waals surface area contributed by atoms with E-state index in [1.165, 1.54) is 18.6 Å². The van der Waals surface area contributed by atoms with E-state index >= 15 is 0 Å². The van der Waals surface area contributed by atoms with Crippen molar-refractivity contribution < 1.29 is 48.7 Å². The van der Waals surface area contributed by atoms with Crippen LogP contribution in [0.1, 0.15) is 109 Å². The van der Waals surface area contributed by atoms with Crippen LogP contribution in [0.3, 0.4) is 0 Å². The van der Waals surface area contributed by atoms with Crippen molar-refractivity contribution in [3.8, 4) is 17.2 Å². The molecule has 1 spiro atoms. The van der Waals surface area contributed by atoms with Crippen molar-refractivity contribution in [2.45, 2.75) is 121 Å². The number of rotatable bonds is 8. The van der Waals surface area contributed by atoms with E-state index in [4.69, 9.17) is 18.9 Å². The minimum absolute atomic E-state index is 0.0245. The van der Waals surface area contributed by atoms with Gasteiger partial charge in [0.05, 0.1) is 22.3 Å². The Morgan fingerprint density at radius 1 is 1.04 bits per heavy atom. The van der Waals surface area contributed by atoms with Crippen LogP contribution in [0.25, 0.3) is 6.08 Å². The third-order valence-corrected chi connectivity index (χ3v) is 11.4. The number of carboxylic acids is 1. The van der Waals surface area contributed by atoms with Gasteiger partial charge >= 0.3 is 5.97 Å². The number of hydrogen-bond acceptors (Lipinski definition) is 9. The molecule has 1 aromatic rings. The molecule has 1 aromatic carbocycles. The number of benzene rings is 1. The van der Waals surface area contributed by atoms with Gasteiger partial charge in [-0.05, 0) is 86.8 Å². The van der Waals surface area contributed by atoms with Gasteiger partial charge in [-0.15, -0.1) is 0 Å². The van der Waals surface area contributed by atoms with Crippen molar-refractivity contribution in [3.63, 3.8) is 0 Å². The molecule has 3 N–H and O–H groups in total. The Morgan fingerprint density at radius 2 is 1.73 bits per heavy atom. The smallest absolute Gasteiger partial charge is 0.330 e. The topological polar surface area (TPSA) is 152 Å². The van der Waals surface area contributed by atoms with Crippen LogP contribution in [0.2, 0.25) is 0 Å². The van der Waals surface area contributed by atoms with Crippen LogP contribution in [0.15, 0.2) is 41.0 Å². The Bertz CT molecular complexity index is 1800. The van der Waals surface area contributed by atoms with Gasteiger partial charge in [0.15, 0.2) is 22.8 Å². The molecule has 7 atom stereocenters. The van der Waals surface area contributed by atoms with Crippen LogP contribution in [0, 0.1) is 11.8 Å². The van der Waals surface area contributed by atoms with Crippen molar-refractivity contribution in [1.82, 2.24) is 0 Å². The number of carboxylic acid groups (broad SMARTS) is 1. The second kappa shape index (κ2) is 10.2. The second-order valence-electron chi connectivity index (χ2n) is 15.8. The number of allylic oxidation sites excluding steroid dienone is 3. The SMILES string of the molecule is CC(C)=CCC[C@]1(C)C=Cc2c(O)c3c(c(C(O)C4OC4(C)C)c2O1)OC12C(=C[C@@H]4CC1C(C)(C)OC2(C/C=C(\C)C(=O)O)C4=O)C3=O. The van der Waals surface area contributed by atoms with E-state index < -0.39 is 63.8 Å². The molecular formula is C38H44O10. The lowest BCUT2D eigenvalue weighted by Gasteiger charge is -2.56. The average molecular weight is 661 g/mol. The van der Waals surface area contributed by atoms with Crippen molar-refractivity contribution in [3.05, 3.63) is 57.7 Å². The maximum atomic E-state index is 14.8. The maximum Gasteiger partial charge on any atom is 0.330 e. The number of aromatic hydroxyl groups is 1. The van der Waals surface area contributed by atoms with Gasteiger partial charge < -0.3 is 34.3 Å². The third-order valence-electron chi connectivity index (χ3n) is 11.4. The van der Waals surface area contributed by atoms with Gasteiger partial charge in [0.2, 0.25) is 0 Å². The molecule has 8 rings (SSSR count). The highest BCUT2D eigenvalue weighted by Gasteiger charge is 2.81. The first-order chi connectivity index (χ1) is 22.3. The molecule has 10 nitrogen and oxygen atoms in total. The Balaban J connectivity index is 1.47. The summed E-state index contributed by atoms with van der Waals surface area (Å²) in [5, 5.41) is 33.6. The highest BCUT2D eigenvalue weighted by atomic mass is 16.6. The minimum atomic E-state index is -1.74. The highest BCUT2D eigenvalue weighted by molar-refractivity contribution is 6.19. The van der Waals surface area contributed by atoms with Crippen LogP contribution in [0.5, 0.6) is 17.2 Å². The normalized spacial score (nSPS) is 35.1. The zero-order valence-corrected chi connectivity index (χ0v) is 28.7. The monoisotopic (exact) mass is 660 g/mol. The first kappa shape index (κ1) is 32.8. The first-order valence-corrected chi connectivity index (χ1v) is 16.7. The number of phenolic OH excluding ortho intramolecular Hbond substituents is 1. The third kappa shape index (κ3) is 4.31. The Labute approximate surface area is 280 Å². The fourth-order valence-electron chi connectivity index (χ4n) is 8.79. The van der Waals surface area contributed by atoms with Crippen molar-refractivity contribution in [1.29, 1.82) is 0 Å². The molecular weight excluding hydrogens is 616 g/mol. The Hall–Kier alpha value is -3.73. The summed E-state index contributed by atoms with van der Waals surface area (Å²) in [6.45, 7) is 14.8. The molecule has 0 radical (unpaired) electrons. The predicted octanol–water partition coefficient (Wildman–Crippen LogP) is 5.94. The largest absolute Gasteiger partial charge is 0.506 e. The lowest BCUT2D eigenvalue weighted by molar-refractivity contribution is -0.171. The number of phenols is 1. The number of carbonyl (C=O) groups is 3. The van der Waals surface area contributed by atoms with Crippen LogP contribution in [-0.2, 0) is 19.1 Å². The Morgan fingerprint density at radius 3 is 2.35 bits per heavy atom. The van der Waals surface area contributed by atoms with Crippen molar-refractivity contribution >= 4 is 23.6 Å². The van der Waals surface area contributed by atoms with E-state index in [0.717, 1.165) is 6.42 Å². The quantitative estimate of drug-likeness (QED) is 0.174. The lowest BCUT2D eigenvalue weighted by Crippen LogP contribution is -2.72. The molecule has 0 aromatic heterocycles. The number of hydrogen-bond donors (Lipinski definition) is 3. The molecule has 256 valence electrons. The van der Waals surface area contributed by atoms with Crippen LogP contribution in [0.4, 0.5) is 0 Å². The van der Waals surface area contributed by atoms with Crippen molar-refractivity contribution in [2.24, 2.45) is 11.8 Å². The summed E-state index contributed by atoms with van der Waals surface area (Å²) in [6.07, 6.45) is 8.32. The number of epoxide rings is 1. The van der Waals surface area contributed by atoms with E-state index in [9.17, 15) is 29.7 Å². The molecule has 4 aliphatic heterocycles. The summed E-state index contributed by atoms with van der Waals surface area (Å²) in [4.78, 5) is 41.0. The summed E-state index contributed by atoms with van der Waals surface area (Å²) < 4.78 is 26.4. The molecule has 10 heteroatoms. The van der Waals surface area contributed by atoms with Gasteiger partial charge in [-0.2, -0.15) is 0 Å². The number of ether oxygens (including phenoxy) is 4. The zero-order chi connectivity index (χ0) is 34.9. The number of ketones is 2. The summed E-state index contributed by atoms with van der Waals surface area (Å²) >= 11 is 0. The minimum Gasteiger partial charge on any atom is -0.506 e. The van der Waals surface area contributed by atoms with E-state index in [-0.39, 0.29) is 57.3 Å². The summed E-state index contributed by atoms with van der Waals surface area (Å²) in [7, 11) is 0. The number of fused-ring (bicyclic) bond motifs is 2. The van der Waals surface area contributed by atoms with Gasteiger partial charge in [0.25, 0.3) is 0 Å². The van der Waals surface area contributed by atoms with E-state index in [0.29, 0.717) is 12.8 Å². The molecule has 3 fully saturated rings. The molecule has 2 saturated heterocycles. The number of aliphatic hydroxyl groups is 1. The predicted molar refractivity (Wildman–Crippen MR) is 175 cm³/mol. The molecule has 5 unspecified atom stereocenters. The van der Waals surface area contributed by atoms with E-state index in [1.807, 2.05) is 54.5 Å². The van der Waals surface area contributed by atoms with Crippen LogP contribution >= 0.6 is 0 Å². The maximum absolute atomic E-state index is 14.8. The second-order valence-corrected chi connectivity index (χ2v) is 15.8. The van der Waals surface area contributed by atoms with Crippen LogP contribution in [-0.4, -0.2) is 67.0 Å². The summed E-state index contributed by atoms with van der Waals surface area (Å²) in [6, 6.07) is 0. The molecule has 4 bridgehead atoms. The number of aliphatic carboxylic acids is 1. The van der Waals surface area contributed by atoms with Gasteiger partial charge in [-0.25, -0.2) is 4.79 Å². The first-order valence-electron chi connectivity index (χ1n) is 16.7. The average Bonchev–Trinajstić information content (AvgIpc) is 3.60. The molecule has 48 heavy (non-hydrogen) atoms. The molecule has 7 aliphatic rings. The number of carbonyl (C=O) groups excluding carboxylic acids is 2. The summed E-state index contributed by atoms with van der Waals surface area (Å²) in [5.74, 6) is -3.34. The fourth-order valence-corrected chi connectivity index (χ4v) is 8.79. The van der Waals surface area contributed by atoms with Crippen molar-refractivity contribution in [2.75, 3.05) is 0 Å². The zero-order valence-electron chi connectivity index (χ0n) is 28.7. The molecule has 1 saturated carbocycles.